The quantitative estimate of drug-likeness (QED) is 0.800. The van der Waals surface area contributed by atoms with E-state index in [4.69, 9.17) is 0 Å². The zero-order valence-electron chi connectivity index (χ0n) is 16.8. The monoisotopic (exact) mass is 399 g/mol. The molecule has 6 rings (SSSR count). The van der Waals surface area contributed by atoms with Gasteiger partial charge in [0.2, 0.25) is 11.8 Å². The van der Waals surface area contributed by atoms with Crippen molar-refractivity contribution in [2.45, 2.75) is 57.2 Å². The second-order valence-electron chi connectivity index (χ2n) is 9.60. The van der Waals surface area contributed by atoms with Crippen LogP contribution in [0, 0.1) is 29.5 Å². The van der Waals surface area contributed by atoms with Crippen LogP contribution in [0.1, 0.15) is 44.1 Å². The van der Waals surface area contributed by atoms with Crippen molar-refractivity contribution in [2.24, 2.45) is 23.7 Å². The normalized spacial score (nSPS) is 36.1. The third kappa shape index (κ3) is 3.79. The van der Waals surface area contributed by atoms with Gasteiger partial charge in [0, 0.05) is 31.2 Å². The number of nitrogens with zero attached hydrogens (tertiary/aromatic N) is 1. The number of piperazine rings is 1. The largest absolute Gasteiger partial charge is 0.353 e. The van der Waals surface area contributed by atoms with E-state index in [1.54, 1.807) is 18.2 Å². The molecule has 1 aliphatic heterocycles. The van der Waals surface area contributed by atoms with Gasteiger partial charge in [-0.25, -0.2) is 4.39 Å². The van der Waals surface area contributed by atoms with Crippen molar-refractivity contribution in [1.82, 2.24) is 15.5 Å². The number of rotatable bonds is 5. The van der Waals surface area contributed by atoms with Gasteiger partial charge in [0.15, 0.2) is 0 Å². The van der Waals surface area contributed by atoms with Gasteiger partial charge in [0.1, 0.15) is 5.82 Å². The highest BCUT2D eigenvalue weighted by Crippen LogP contribution is 2.53. The lowest BCUT2D eigenvalue weighted by molar-refractivity contribution is -0.135. The average molecular weight is 400 g/mol. The number of benzene rings is 1. The summed E-state index contributed by atoms with van der Waals surface area (Å²) in [6.45, 7) is 1.49. The average Bonchev–Trinajstić information content (AvgIpc) is 2.68. The Morgan fingerprint density at radius 2 is 1.79 bits per heavy atom. The summed E-state index contributed by atoms with van der Waals surface area (Å²) in [5.41, 5.74) is 0.564. The minimum absolute atomic E-state index is 0.0388. The van der Waals surface area contributed by atoms with Crippen molar-refractivity contribution in [3.05, 3.63) is 35.6 Å². The van der Waals surface area contributed by atoms with Crippen molar-refractivity contribution < 1.29 is 14.0 Å². The van der Waals surface area contributed by atoms with Crippen LogP contribution in [0.3, 0.4) is 0 Å². The van der Waals surface area contributed by atoms with Gasteiger partial charge in [-0.1, -0.05) is 18.2 Å². The zero-order chi connectivity index (χ0) is 20.0. The van der Waals surface area contributed by atoms with Gasteiger partial charge >= 0.3 is 0 Å². The predicted molar refractivity (Wildman–Crippen MR) is 107 cm³/mol. The van der Waals surface area contributed by atoms with E-state index in [0.29, 0.717) is 37.0 Å². The molecule has 2 amide bonds. The first-order chi connectivity index (χ1) is 14.1. The van der Waals surface area contributed by atoms with Crippen LogP contribution >= 0.6 is 0 Å². The van der Waals surface area contributed by atoms with E-state index in [2.05, 4.69) is 10.6 Å². The van der Waals surface area contributed by atoms with E-state index in [0.717, 1.165) is 11.8 Å². The molecule has 0 aromatic heterocycles. The van der Waals surface area contributed by atoms with Crippen molar-refractivity contribution in [3.63, 3.8) is 0 Å². The summed E-state index contributed by atoms with van der Waals surface area (Å²) in [4.78, 5) is 27.4. The molecule has 0 radical (unpaired) electrons. The third-order valence-electron chi connectivity index (χ3n) is 7.71. The number of hydrogen-bond donors (Lipinski definition) is 2. The molecule has 4 bridgehead atoms. The van der Waals surface area contributed by atoms with Gasteiger partial charge in [0.05, 0.1) is 12.5 Å². The molecule has 5 fully saturated rings. The number of carbonyl (C=O) groups excluding carboxylic acids is 2. The highest BCUT2D eigenvalue weighted by molar-refractivity contribution is 5.89. The summed E-state index contributed by atoms with van der Waals surface area (Å²) in [6, 6.07) is 6.39. The standard InChI is InChI=1S/C23H30FN3O2/c24-19-4-2-1-3-16(19)13-27-6-5-25-23(29)20(27)12-21(28)26-22-17-8-14-7-15(10-17)11-18(22)9-14/h1-4,14-15,17-18,20,22H,5-13H2,(H,25,29)(H,26,28). The van der Waals surface area contributed by atoms with E-state index in [1.807, 2.05) is 4.90 Å². The van der Waals surface area contributed by atoms with Crippen molar-refractivity contribution in [1.29, 1.82) is 0 Å². The Balaban J connectivity index is 1.24. The Kier molecular flexibility index (Phi) is 5.06. The first-order valence-electron chi connectivity index (χ1n) is 11.1. The maximum absolute atomic E-state index is 14.1. The predicted octanol–water partition coefficient (Wildman–Crippen LogP) is 2.46. The molecule has 5 aliphatic rings. The van der Waals surface area contributed by atoms with Crippen LogP contribution < -0.4 is 10.6 Å². The molecule has 1 aromatic rings. The Labute approximate surface area is 171 Å². The van der Waals surface area contributed by atoms with Gasteiger partial charge < -0.3 is 10.6 Å². The summed E-state index contributed by atoms with van der Waals surface area (Å²) in [7, 11) is 0. The number of carbonyl (C=O) groups is 2. The molecule has 4 saturated carbocycles. The summed E-state index contributed by atoms with van der Waals surface area (Å²) >= 11 is 0. The number of halogens is 1. The summed E-state index contributed by atoms with van der Waals surface area (Å²) in [6.07, 6.45) is 6.54. The minimum atomic E-state index is -0.541. The van der Waals surface area contributed by atoms with E-state index >= 15 is 0 Å². The molecule has 1 aromatic carbocycles. The van der Waals surface area contributed by atoms with Crippen molar-refractivity contribution in [2.75, 3.05) is 13.1 Å². The molecular weight excluding hydrogens is 369 g/mol. The fourth-order valence-corrected chi connectivity index (χ4v) is 6.60. The lowest BCUT2D eigenvalue weighted by atomic mass is 9.54. The van der Waals surface area contributed by atoms with E-state index in [9.17, 15) is 14.0 Å². The fourth-order valence-electron chi connectivity index (χ4n) is 6.60. The molecule has 29 heavy (non-hydrogen) atoms. The lowest BCUT2D eigenvalue weighted by Gasteiger charge is -2.54. The molecule has 5 nitrogen and oxygen atoms in total. The molecule has 1 saturated heterocycles. The molecule has 2 N–H and O–H groups in total. The van der Waals surface area contributed by atoms with Crippen LogP contribution in [0.2, 0.25) is 0 Å². The highest BCUT2D eigenvalue weighted by Gasteiger charge is 2.48. The van der Waals surface area contributed by atoms with Crippen LogP contribution in [0.15, 0.2) is 24.3 Å². The third-order valence-corrected chi connectivity index (χ3v) is 7.71. The van der Waals surface area contributed by atoms with Gasteiger partial charge in [-0.05, 0) is 61.8 Å². The number of amides is 2. The Bertz CT molecular complexity index is 770. The van der Waals surface area contributed by atoms with Crippen LogP contribution in [-0.4, -0.2) is 41.9 Å². The van der Waals surface area contributed by atoms with Crippen LogP contribution in [-0.2, 0) is 16.1 Å². The molecule has 4 aliphatic carbocycles. The maximum atomic E-state index is 14.1. The Hall–Kier alpha value is -1.95. The first-order valence-corrected chi connectivity index (χ1v) is 11.1. The summed E-state index contributed by atoms with van der Waals surface area (Å²) in [5, 5.41) is 6.17. The fraction of sp³-hybridized carbons (Fsp3) is 0.652. The van der Waals surface area contributed by atoms with Gasteiger partial charge in [-0.3, -0.25) is 14.5 Å². The second-order valence-corrected chi connectivity index (χ2v) is 9.60. The lowest BCUT2D eigenvalue weighted by Crippen LogP contribution is -2.59. The minimum Gasteiger partial charge on any atom is -0.353 e. The van der Waals surface area contributed by atoms with Crippen molar-refractivity contribution in [3.8, 4) is 0 Å². The smallest absolute Gasteiger partial charge is 0.237 e. The van der Waals surface area contributed by atoms with Gasteiger partial charge in [0.25, 0.3) is 0 Å². The van der Waals surface area contributed by atoms with E-state index in [1.165, 1.54) is 38.2 Å². The van der Waals surface area contributed by atoms with Crippen LogP contribution in [0.4, 0.5) is 4.39 Å². The van der Waals surface area contributed by atoms with Gasteiger partial charge in [-0.15, -0.1) is 0 Å². The second kappa shape index (κ2) is 7.71. The summed E-state index contributed by atoms with van der Waals surface area (Å²) in [5.74, 6) is 2.53. The topological polar surface area (TPSA) is 61.4 Å². The van der Waals surface area contributed by atoms with E-state index in [-0.39, 0.29) is 30.1 Å². The van der Waals surface area contributed by atoms with Crippen LogP contribution in [0.25, 0.3) is 0 Å². The molecule has 6 heteroatoms. The Morgan fingerprint density at radius 1 is 1.10 bits per heavy atom. The number of nitrogens with one attached hydrogen (secondary N) is 2. The molecule has 1 atom stereocenters. The number of hydrogen-bond acceptors (Lipinski definition) is 3. The maximum Gasteiger partial charge on any atom is 0.237 e. The molecule has 1 unspecified atom stereocenters. The van der Waals surface area contributed by atoms with Gasteiger partial charge in [-0.2, -0.15) is 0 Å². The Morgan fingerprint density at radius 3 is 2.48 bits per heavy atom. The highest BCUT2D eigenvalue weighted by atomic mass is 19.1. The SMILES string of the molecule is O=C(CC1C(=O)NCCN1Cc1ccccc1F)NC1C2CC3CC(C2)CC1C3. The molecule has 156 valence electrons. The van der Waals surface area contributed by atoms with E-state index < -0.39 is 6.04 Å². The summed E-state index contributed by atoms with van der Waals surface area (Å²) < 4.78 is 14.1. The molecule has 0 spiro atoms. The zero-order valence-corrected chi connectivity index (χ0v) is 16.8. The molecular formula is C23H30FN3O2. The van der Waals surface area contributed by atoms with Crippen LogP contribution in [0.5, 0.6) is 0 Å². The molecule has 1 heterocycles. The first kappa shape index (κ1) is 19.0. The van der Waals surface area contributed by atoms with Crippen molar-refractivity contribution >= 4 is 11.8 Å².